The molecule has 8 heteroatoms. The van der Waals surface area contributed by atoms with Crippen molar-refractivity contribution in [3.63, 3.8) is 0 Å². The molecular formula is C23H23Cl2N3O3. The third-order valence-electron chi connectivity index (χ3n) is 5.55. The van der Waals surface area contributed by atoms with Crippen LogP contribution in [0.2, 0.25) is 10.0 Å². The smallest absolute Gasteiger partial charge is 0.272 e. The van der Waals surface area contributed by atoms with Gasteiger partial charge >= 0.3 is 0 Å². The molecule has 0 N–H and O–H groups in total. The molecule has 0 fully saturated rings. The summed E-state index contributed by atoms with van der Waals surface area (Å²) in [6, 6.07) is 10.6. The summed E-state index contributed by atoms with van der Waals surface area (Å²) >= 11 is 12.7. The number of hydrogen-bond acceptors (Lipinski definition) is 4. The Labute approximate surface area is 191 Å². The zero-order valence-corrected chi connectivity index (χ0v) is 19.3. The lowest BCUT2D eigenvalue weighted by atomic mass is 9.86. The Morgan fingerprint density at radius 3 is 2.35 bits per heavy atom. The topological polar surface area (TPSA) is 56.6 Å². The zero-order chi connectivity index (χ0) is 22.3. The monoisotopic (exact) mass is 459 g/mol. The Kier molecular flexibility index (Phi) is 5.86. The highest BCUT2D eigenvalue weighted by Gasteiger charge is 2.36. The van der Waals surface area contributed by atoms with Crippen LogP contribution in [0.15, 0.2) is 36.4 Å². The molecule has 0 radical (unpaired) electrons. The van der Waals surface area contributed by atoms with Crippen molar-refractivity contribution in [2.75, 3.05) is 20.8 Å². The molecule has 162 valence electrons. The Morgan fingerprint density at radius 2 is 1.77 bits per heavy atom. The van der Waals surface area contributed by atoms with Crippen molar-refractivity contribution in [3.8, 4) is 11.5 Å². The first kappa shape index (κ1) is 21.5. The van der Waals surface area contributed by atoms with E-state index >= 15 is 0 Å². The van der Waals surface area contributed by atoms with Gasteiger partial charge in [-0.05, 0) is 54.8 Å². The van der Waals surface area contributed by atoms with Gasteiger partial charge in [0.2, 0.25) is 0 Å². The van der Waals surface area contributed by atoms with Crippen molar-refractivity contribution in [1.29, 1.82) is 0 Å². The molecule has 6 nitrogen and oxygen atoms in total. The number of carbonyl (C=O) groups excluding carboxylic acids is 1. The van der Waals surface area contributed by atoms with Gasteiger partial charge < -0.3 is 14.4 Å². The van der Waals surface area contributed by atoms with Crippen molar-refractivity contribution in [2.45, 2.75) is 19.4 Å². The van der Waals surface area contributed by atoms with E-state index in [4.69, 9.17) is 32.7 Å². The van der Waals surface area contributed by atoms with Crippen molar-refractivity contribution < 1.29 is 14.3 Å². The summed E-state index contributed by atoms with van der Waals surface area (Å²) in [5, 5.41) is 5.35. The van der Waals surface area contributed by atoms with Gasteiger partial charge in [-0.25, -0.2) is 0 Å². The molecule has 0 saturated heterocycles. The van der Waals surface area contributed by atoms with E-state index in [9.17, 15) is 4.79 Å². The van der Waals surface area contributed by atoms with Gasteiger partial charge in [0.25, 0.3) is 5.91 Å². The van der Waals surface area contributed by atoms with Gasteiger partial charge in [-0.2, -0.15) is 5.10 Å². The summed E-state index contributed by atoms with van der Waals surface area (Å²) in [5.74, 6) is 1.24. The minimum absolute atomic E-state index is 0.118. The Morgan fingerprint density at radius 1 is 1.06 bits per heavy atom. The van der Waals surface area contributed by atoms with E-state index in [0.717, 1.165) is 22.4 Å². The number of ether oxygens (including phenoxy) is 2. The van der Waals surface area contributed by atoms with E-state index in [1.54, 1.807) is 38.1 Å². The van der Waals surface area contributed by atoms with E-state index in [0.29, 0.717) is 40.2 Å². The number of carbonyl (C=O) groups is 1. The number of halogens is 2. The van der Waals surface area contributed by atoms with Crippen molar-refractivity contribution in [3.05, 3.63) is 74.5 Å². The standard InChI is InChI=1S/C23H23Cl2N3O3/c1-13-7-19(27(2)26-13)23(29)28-6-5-14-10-18(30-3)12-20(31-4)21(14)22(28)15-8-16(24)11-17(25)9-15/h7-12,22H,5-6H2,1-4H3. The highest BCUT2D eigenvalue weighted by molar-refractivity contribution is 6.34. The van der Waals surface area contributed by atoms with Crippen LogP contribution in [-0.2, 0) is 13.5 Å². The lowest BCUT2D eigenvalue weighted by Crippen LogP contribution is -2.41. The number of nitrogens with zero attached hydrogens (tertiary/aromatic N) is 3. The molecule has 0 spiro atoms. The number of amides is 1. The van der Waals surface area contributed by atoms with Gasteiger partial charge in [-0.15, -0.1) is 0 Å². The van der Waals surface area contributed by atoms with Crippen LogP contribution in [0, 0.1) is 6.92 Å². The highest BCUT2D eigenvalue weighted by Crippen LogP contribution is 2.44. The first-order chi connectivity index (χ1) is 14.8. The summed E-state index contributed by atoms with van der Waals surface area (Å²) < 4.78 is 12.8. The molecule has 31 heavy (non-hydrogen) atoms. The van der Waals surface area contributed by atoms with Crippen molar-refractivity contribution in [2.24, 2.45) is 7.05 Å². The van der Waals surface area contributed by atoms with Crippen LogP contribution in [-0.4, -0.2) is 41.4 Å². The number of methoxy groups -OCH3 is 2. The molecule has 2 aromatic carbocycles. The second-order valence-electron chi connectivity index (χ2n) is 7.55. The Bertz CT molecular complexity index is 1120. The number of fused-ring (bicyclic) bond motifs is 1. The molecule has 0 saturated carbocycles. The fraction of sp³-hybridized carbons (Fsp3) is 0.304. The molecule has 1 aliphatic heterocycles. The van der Waals surface area contributed by atoms with Gasteiger partial charge in [0.05, 0.1) is 26.0 Å². The van der Waals surface area contributed by atoms with Gasteiger partial charge in [0.1, 0.15) is 17.2 Å². The second-order valence-corrected chi connectivity index (χ2v) is 8.42. The zero-order valence-electron chi connectivity index (χ0n) is 17.8. The second kappa shape index (κ2) is 8.44. The highest BCUT2D eigenvalue weighted by atomic mass is 35.5. The van der Waals surface area contributed by atoms with Crippen LogP contribution >= 0.6 is 23.2 Å². The number of benzene rings is 2. The minimum Gasteiger partial charge on any atom is -0.497 e. The Hall–Kier alpha value is -2.70. The minimum atomic E-state index is -0.427. The third-order valence-corrected chi connectivity index (χ3v) is 5.98. The largest absolute Gasteiger partial charge is 0.497 e. The number of hydrogen-bond donors (Lipinski definition) is 0. The molecule has 0 bridgehead atoms. The van der Waals surface area contributed by atoms with Gasteiger partial charge in [-0.3, -0.25) is 9.48 Å². The average Bonchev–Trinajstić information content (AvgIpc) is 3.08. The first-order valence-electron chi connectivity index (χ1n) is 9.84. The van der Waals surface area contributed by atoms with E-state index < -0.39 is 6.04 Å². The summed E-state index contributed by atoms with van der Waals surface area (Å²) in [7, 11) is 5.01. The van der Waals surface area contributed by atoms with E-state index in [2.05, 4.69) is 5.10 Å². The summed E-state index contributed by atoms with van der Waals surface area (Å²) in [6.07, 6.45) is 0.663. The van der Waals surface area contributed by atoms with E-state index in [1.807, 2.05) is 36.1 Å². The maximum absolute atomic E-state index is 13.7. The molecule has 1 amide bonds. The van der Waals surface area contributed by atoms with Crippen LogP contribution in [0.5, 0.6) is 11.5 Å². The van der Waals surface area contributed by atoms with Crippen LogP contribution in [0.1, 0.15) is 38.9 Å². The number of aromatic nitrogens is 2. The predicted octanol–water partition coefficient (Wildman–Crippen LogP) is 4.84. The number of aryl methyl sites for hydroxylation is 2. The average molecular weight is 460 g/mol. The van der Waals surface area contributed by atoms with Crippen LogP contribution in [0.3, 0.4) is 0 Å². The molecule has 1 aliphatic rings. The molecule has 2 heterocycles. The van der Waals surface area contributed by atoms with Gasteiger partial charge in [-0.1, -0.05) is 23.2 Å². The fourth-order valence-electron chi connectivity index (χ4n) is 4.24. The number of rotatable bonds is 4. The molecular weight excluding hydrogens is 437 g/mol. The molecule has 1 atom stereocenters. The molecule has 1 aromatic heterocycles. The van der Waals surface area contributed by atoms with Crippen LogP contribution in [0.4, 0.5) is 0 Å². The predicted molar refractivity (Wildman–Crippen MR) is 121 cm³/mol. The van der Waals surface area contributed by atoms with Crippen LogP contribution in [0.25, 0.3) is 0 Å². The normalized spacial score (nSPS) is 15.5. The van der Waals surface area contributed by atoms with E-state index in [1.165, 1.54) is 0 Å². The summed E-state index contributed by atoms with van der Waals surface area (Å²) in [4.78, 5) is 15.5. The van der Waals surface area contributed by atoms with E-state index in [-0.39, 0.29) is 5.91 Å². The maximum Gasteiger partial charge on any atom is 0.272 e. The first-order valence-corrected chi connectivity index (χ1v) is 10.6. The summed E-state index contributed by atoms with van der Waals surface area (Å²) in [6.45, 7) is 2.38. The SMILES string of the molecule is COc1cc2c(c(OC)c1)C(c1cc(Cl)cc(Cl)c1)N(C(=O)c1cc(C)nn1C)CC2. The maximum atomic E-state index is 13.7. The Balaban J connectivity index is 1.92. The quantitative estimate of drug-likeness (QED) is 0.559. The van der Waals surface area contributed by atoms with Crippen molar-refractivity contribution in [1.82, 2.24) is 14.7 Å². The van der Waals surface area contributed by atoms with Gasteiger partial charge in [0, 0.05) is 35.3 Å². The summed E-state index contributed by atoms with van der Waals surface area (Å²) in [5.41, 5.74) is 4.08. The third kappa shape index (κ3) is 3.98. The van der Waals surface area contributed by atoms with Crippen LogP contribution < -0.4 is 9.47 Å². The lowest BCUT2D eigenvalue weighted by Gasteiger charge is -2.38. The fourth-order valence-corrected chi connectivity index (χ4v) is 4.79. The molecule has 4 rings (SSSR count). The van der Waals surface area contributed by atoms with Gasteiger partial charge in [0.15, 0.2) is 0 Å². The molecule has 1 unspecified atom stereocenters. The lowest BCUT2D eigenvalue weighted by molar-refractivity contribution is 0.0681. The van der Waals surface area contributed by atoms with Crippen molar-refractivity contribution >= 4 is 29.1 Å². The molecule has 0 aliphatic carbocycles. The molecule has 3 aromatic rings.